The molecule has 27 heavy (non-hydrogen) atoms. The molecule has 2 amide bonds. The van der Waals surface area contributed by atoms with Crippen molar-refractivity contribution >= 4 is 40.2 Å². The molecule has 1 heterocycles. The molecule has 0 fully saturated rings. The van der Waals surface area contributed by atoms with E-state index < -0.39 is 16.7 Å². The summed E-state index contributed by atoms with van der Waals surface area (Å²) in [4.78, 5) is 36.8. The van der Waals surface area contributed by atoms with E-state index in [-0.39, 0.29) is 17.0 Å². The van der Waals surface area contributed by atoms with Gasteiger partial charge >= 0.3 is 0 Å². The van der Waals surface area contributed by atoms with Gasteiger partial charge in [-0.25, -0.2) is 4.90 Å². The van der Waals surface area contributed by atoms with Gasteiger partial charge in [-0.15, -0.1) is 0 Å². The number of anilines is 2. The van der Waals surface area contributed by atoms with E-state index in [0.29, 0.717) is 22.5 Å². The number of rotatable bonds is 4. The number of hydrogen-bond donors (Lipinski definition) is 1. The predicted octanol–water partition coefficient (Wildman–Crippen LogP) is 3.04. The third kappa shape index (κ3) is 2.91. The van der Waals surface area contributed by atoms with Crippen LogP contribution < -0.4 is 10.2 Å². The molecule has 0 aromatic heterocycles. The lowest BCUT2D eigenvalue weighted by molar-refractivity contribution is -0.384. The topological polar surface area (TPSA) is 102 Å². The minimum atomic E-state index is -0.527. The van der Waals surface area contributed by atoms with Gasteiger partial charge in [0.15, 0.2) is 0 Å². The highest BCUT2D eigenvalue weighted by molar-refractivity contribution is 6.42. The van der Waals surface area contributed by atoms with E-state index in [2.05, 4.69) is 5.32 Å². The molecular weight excluding hydrogens is 350 g/mol. The van der Waals surface area contributed by atoms with Crippen LogP contribution in [-0.4, -0.2) is 30.9 Å². The van der Waals surface area contributed by atoms with E-state index in [1.54, 1.807) is 43.4 Å². The fourth-order valence-corrected chi connectivity index (χ4v) is 3.15. The van der Waals surface area contributed by atoms with Crippen LogP contribution in [-0.2, 0) is 14.3 Å². The van der Waals surface area contributed by atoms with Crippen molar-refractivity contribution in [2.24, 2.45) is 0 Å². The second kappa shape index (κ2) is 6.91. The second-order valence-corrected chi connectivity index (χ2v) is 5.82. The lowest BCUT2D eigenvalue weighted by Gasteiger charge is -2.13. The zero-order chi connectivity index (χ0) is 19.7. The van der Waals surface area contributed by atoms with Gasteiger partial charge in [0.05, 0.1) is 23.3 Å². The molecule has 8 nitrogen and oxygen atoms in total. The summed E-state index contributed by atoms with van der Waals surface area (Å²) in [5.74, 6) is -0.780. The molecule has 1 aliphatic heterocycles. The minimum absolute atomic E-state index is 0.146. The first kappa shape index (κ1) is 18.1. The minimum Gasteiger partial charge on any atom is -0.495 e. The first-order valence-corrected chi connectivity index (χ1v) is 8.10. The Morgan fingerprint density at radius 3 is 2.52 bits per heavy atom. The monoisotopic (exact) mass is 367 g/mol. The molecule has 1 aliphatic rings. The van der Waals surface area contributed by atoms with E-state index in [9.17, 15) is 19.7 Å². The summed E-state index contributed by atoms with van der Waals surface area (Å²) in [6.45, 7) is 1.30. The third-order valence-electron chi connectivity index (χ3n) is 4.30. The average molecular weight is 367 g/mol. The number of imide groups is 1. The first-order valence-electron chi connectivity index (χ1n) is 8.10. The fraction of sp³-hybridized carbons (Fsp3) is 0.158. The largest absolute Gasteiger partial charge is 0.495 e. The van der Waals surface area contributed by atoms with Crippen molar-refractivity contribution in [1.82, 2.24) is 0 Å². The summed E-state index contributed by atoms with van der Waals surface area (Å²) in [5.41, 5.74) is 1.75. The van der Waals surface area contributed by atoms with Crippen molar-refractivity contribution in [3.05, 3.63) is 63.7 Å². The van der Waals surface area contributed by atoms with Gasteiger partial charge in [-0.2, -0.15) is 0 Å². The molecule has 1 N–H and O–H groups in total. The summed E-state index contributed by atoms with van der Waals surface area (Å²) in [6, 6.07) is 11.4. The van der Waals surface area contributed by atoms with Crippen molar-refractivity contribution < 1.29 is 19.2 Å². The number of carbonyl (C=O) groups is 2. The van der Waals surface area contributed by atoms with E-state index in [1.807, 2.05) is 0 Å². The molecule has 8 heteroatoms. The zero-order valence-corrected chi connectivity index (χ0v) is 15.0. The number of methoxy groups -OCH3 is 1. The molecule has 2 aromatic rings. The summed E-state index contributed by atoms with van der Waals surface area (Å²) in [5, 5.41) is 14.1. The molecule has 0 radical (unpaired) electrons. The average Bonchev–Trinajstić information content (AvgIpc) is 2.94. The van der Waals surface area contributed by atoms with Crippen LogP contribution >= 0.6 is 0 Å². The summed E-state index contributed by atoms with van der Waals surface area (Å²) >= 11 is 0. The van der Waals surface area contributed by atoms with Crippen LogP contribution in [0.25, 0.3) is 11.3 Å². The summed E-state index contributed by atoms with van der Waals surface area (Å²) in [6.07, 6.45) is 0. The number of benzene rings is 2. The normalized spacial score (nSPS) is 14.6. The molecule has 2 aromatic carbocycles. The number of nitro benzene ring substituents is 1. The van der Waals surface area contributed by atoms with E-state index in [1.165, 1.54) is 20.1 Å². The lowest BCUT2D eigenvalue weighted by atomic mass is 10.0. The molecular formula is C19H17N3O5. The number of amides is 2. The Labute approximate surface area is 155 Å². The van der Waals surface area contributed by atoms with Gasteiger partial charge in [0.25, 0.3) is 11.6 Å². The van der Waals surface area contributed by atoms with Crippen LogP contribution in [0.3, 0.4) is 0 Å². The molecule has 3 rings (SSSR count). The van der Waals surface area contributed by atoms with Crippen molar-refractivity contribution in [1.29, 1.82) is 0 Å². The van der Waals surface area contributed by atoms with Crippen molar-refractivity contribution in [3.8, 4) is 0 Å². The number of nitrogens with one attached hydrogen (secondary N) is 1. The number of nitro groups is 1. The smallest absolute Gasteiger partial charge is 0.293 e. The van der Waals surface area contributed by atoms with Crippen LogP contribution in [0.5, 0.6) is 0 Å². The van der Waals surface area contributed by atoms with Crippen LogP contribution in [0.1, 0.15) is 18.1 Å². The van der Waals surface area contributed by atoms with E-state index in [0.717, 1.165) is 4.90 Å². The number of para-hydroxylation sites is 1. The highest BCUT2D eigenvalue weighted by atomic mass is 16.6. The van der Waals surface area contributed by atoms with Gasteiger partial charge in [-0.1, -0.05) is 18.2 Å². The first-order chi connectivity index (χ1) is 12.9. The van der Waals surface area contributed by atoms with Crippen LogP contribution in [0.2, 0.25) is 0 Å². The van der Waals surface area contributed by atoms with Crippen molar-refractivity contribution in [2.45, 2.75) is 6.92 Å². The number of ether oxygens (including phenoxy) is 1. The van der Waals surface area contributed by atoms with Gasteiger partial charge in [-0.3, -0.25) is 19.7 Å². The number of nitrogens with zero attached hydrogens (tertiary/aromatic N) is 2. The van der Waals surface area contributed by atoms with Crippen LogP contribution in [0, 0.1) is 10.1 Å². The lowest BCUT2D eigenvalue weighted by Crippen LogP contribution is -2.31. The molecule has 0 saturated carbocycles. The second-order valence-electron chi connectivity index (χ2n) is 5.82. The maximum atomic E-state index is 12.9. The number of carbonyl (C=O) groups excluding carboxylic acids is 2. The molecule has 0 spiro atoms. The highest BCUT2D eigenvalue weighted by Gasteiger charge is 2.38. The SMILES string of the molecule is CNc1ccc(/C(OC)=C2\C(=O)N(C(C)=O)c3ccccc32)cc1[N+](=O)[O-]. The van der Waals surface area contributed by atoms with Gasteiger partial charge in [0, 0.05) is 31.2 Å². The van der Waals surface area contributed by atoms with Crippen LogP contribution in [0.15, 0.2) is 42.5 Å². The fourth-order valence-electron chi connectivity index (χ4n) is 3.15. The maximum absolute atomic E-state index is 12.9. The van der Waals surface area contributed by atoms with Gasteiger partial charge in [-0.05, 0) is 18.2 Å². The molecule has 0 atom stereocenters. The Morgan fingerprint density at radius 1 is 1.22 bits per heavy atom. The van der Waals surface area contributed by atoms with Gasteiger partial charge in [0.2, 0.25) is 5.91 Å². The molecule has 0 bridgehead atoms. The quantitative estimate of drug-likeness (QED) is 0.386. The Morgan fingerprint density at radius 2 is 1.93 bits per heavy atom. The molecule has 0 saturated heterocycles. The Bertz CT molecular complexity index is 997. The van der Waals surface area contributed by atoms with Gasteiger partial charge < -0.3 is 10.1 Å². The van der Waals surface area contributed by atoms with E-state index in [4.69, 9.17) is 4.74 Å². The van der Waals surface area contributed by atoms with Crippen LogP contribution in [0.4, 0.5) is 17.1 Å². The molecule has 0 unspecified atom stereocenters. The predicted molar refractivity (Wildman–Crippen MR) is 101 cm³/mol. The maximum Gasteiger partial charge on any atom is 0.293 e. The van der Waals surface area contributed by atoms with Crippen molar-refractivity contribution in [2.75, 3.05) is 24.4 Å². The Kier molecular flexibility index (Phi) is 4.64. The molecule has 0 aliphatic carbocycles. The Hall–Kier alpha value is -3.68. The number of fused-ring (bicyclic) bond motifs is 1. The number of hydrogen-bond acceptors (Lipinski definition) is 6. The summed E-state index contributed by atoms with van der Waals surface area (Å²) < 4.78 is 5.46. The summed E-state index contributed by atoms with van der Waals surface area (Å²) in [7, 11) is 2.96. The molecule has 138 valence electrons. The third-order valence-corrected chi connectivity index (χ3v) is 4.30. The van der Waals surface area contributed by atoms with Gasteiger partial charge in [0.1, 0.15) is 11.4 Å². The Balaban J connectivity index is 2.27. The van der Waals surface area contributed by atoms with Crippen molar-refractivity contribution in [3.63, 3.8) is 0 Å². The standard InChI is InChI=1S/C19H17N3O5/c1-11(23)21-15-7-5-4-6-13(15)17(19(21)24)18(27-3)12-8-9-14(20-2)16(10-12)22(25)26/h4-10,20H,1-3H3/b18-17+. The van der Waals surface area contributed by atoms with E-state index >= 15 is 0 Å². The highest BCUT2D eigenvalue weighted by Crippen LogP contribution is 2.41. The zero-order valence-electron chi connectivity index (χ0n) is 15.0.